The summed E-state index contributed by atoms with van der Waals surface area (Å²) in [7, 11) is 1.70. The number of carbonyl (C=O) groups is 2. The van der Waals surface area contributed by atoms with Crippen LogP contribution in [0.15, 0.2) is 0 Å². The second-order valence-corrected chi connectivity index (χ2v) is 5.25. The topological polar surface area (TPSA) is 78.4 Å². The first-order valence-corrected chi connectivity index (χ1v) is 5.90. The van der Waals surface area contributed by atoms with Crippen molar-refractivity contribution < 1.29 is 14.7 Å². The van der Waals surface area contributed by atoms with Crippen LogP contribution in [0.5, 0.6) is 0 Å². The Bertz CT molecular complexity index is 275. The van der Waals surface area contributed by atoms with Gasteiger partial charge in [-0.05, 0) is 33.2 Å². The molecule has 0 bridgehead atoms. The molecular weight excluding hydrogens is 220 g/mol. The monoisotopic (exact) mass is 244 g/mol. The zero-order valence-corrected chi connectivity index (χ0v) is 11.3. The molecule has 17 heavy (non-hydrogen) atoms. The van der Waals surface area contributed by atoms with Gasteiger partial charge in [0.05, 0.1) is 11.5 Å². The molecule has 0 aliphatic carbocycles. The van der Waals surface area contributed by atoms with Gasteiger partial charge in [-0.3, -0.25) is 9.59 Å². The molecule has 0 saturated heterocycles. The maximum absolute atomic E-state index is 11.7. The van der Waals surface area contributed by atoms with Crippen molar-refractivity contribution in [2.24, 2.45) is 11.8 Å². The average molecular weight is 244 g/mol. The molecule has 0 fully saturated rings. The first-order valence-electron chi connectivity index (χ1n) is 5.90. The molecule has 3 N–H and O–H groups in total. The molecule has 0 aliphatic rings. The quantitative estimate of drug-likeness (QED) is 0.620. The van der Waals surface area contributed by atoms with Crippen molar-refractivity contribution in [1.82, 2.24) is 10.6 Å². The molecular formula is C12H24N2O3. The smallest absolute Gasteiger partial charge is 0.308 e. The van der Waals surface area contributed by atoms with Crippen LogP contribution in [-0.4, -0.2) is 36.1 Å². The third kappa shape index (κ3) is 5.68. The zero-order chi connectivity index (χ0) is 13.6. The molecule has 0 aromatic heterocycles. The van der Waals surface area contributed by atoms with Crippen LogP contribution in [0.4, 0.5) is 0 Å². The molecule has 5 nitrogen and oxygen atoms in total. The second kappa shape index (κ2) is 6.59. The van der Waals surface area contributed by atoms with E-state index in [0.29, 0.717) is 12.3 Å². The summed E-state index contributed by atoms with van der Waals surface area (Å²) in [5.74, 6) is -1.27. The van der Waals surface area contributed by atoms with Gasteiger partial charge in [0.15, 0.2) is 0 Å². The molecule has 1 amide bonds. The van der Waals surface area contributed by atoms with E-state index >= 15 is 0 Å². The number of likely N-dealkylation sites (N-methyl/N-ethyl adjacent to an activating group) is 1. The van der Waals surface area contributed by atoms with Gasteiger partial charge in [-0.1, -0.05) is 13.8 Å². The Morgan fingerprint density at radius 3 is 2.18 bits per heavy atom. The minimum absolute atomic E-state index is 0.178. The summed E-state index contributed by atoms with van der Waals surface area (Å²) < 4.78 is 0. The van der Waals surface area contributed by atoms with Crippen molar-refractivity contribution in [3.63, 3.8) is 0 Å². The van der Waals surface area contributed by atoms with Crippen molar-refractivity contribution in [2.75, 3.05) is 13.6 Å². The van der Waals surface area contributed by atoms with E-state index < -0.39 is 17.4 Å². The molecule has 1 unspecified atom stereocenters. The number of amides is 1. The number of nitrogens with one attached hydrogen (secondary N) is 2. The second-order valence-electron chi connectivity index (χ2n) is 5.25. The molecule has 1 atom stereocenters. The average Bonchev–Trinajstić information content (AvgIpc) is 2.22. The van der Waals surface area contributed by atoms with Gasteiger partial charge < -0.3 is 15.7 Å². The summed E-state index contributed by atoms with van der Waals surface area (Å²) in [5.41, 5.74) is -0.680. The lowest BCUT2D eigenvalue weighted by Crippen LogP contribution is -2.52. The predicted molar refractivity (Wildman–Crippen MR) is 66.7 cm³/mol. The van der Waals surface area contributed by atoms with E-state index in [2.05, 4.69) is 10.6 Å². The highest BCUT2D eigenvalue weighted by Gasteiger charge is 2.27. The molecule has 0 rings (SSSR count). The lowest BCUT2D eigenvalue weighted by Gasteiger charge is -2.24. The fourth-order valence-electron chi connectivity index (χ4n) is 1.39. The maximum atomic E-state index is 11.7. The van der Waals surface area contributed by atoms with E-state index in [-0.39, 0.29) is 12.5 Å². The van der Waals surface area contributed by atoms with Gasteiger partial charge >= 0.3 is 5.97 Å². The lowest BCUT2D eigenvalue weighted by molar-refractivity contribution is -0.142. The van der Waals surface area contributed by atoms with Crippen LogP contribution < -0.4 is 10.6 Å². The number of hydrogen-bond donors (Lipinski definition) is 3. The fourth-order valence-corrected chi connectivity index (χ4v) is 1.39. The molecule has 5 heteroatoms. The molecule has 0 heterocycles. The summed E-state index contributed by atoms with van der Waals surface area (Å²) in [5, 5.41) is 14.6. The van der Waals surface area contributed by atoms with Crippen LogP contribution in [0.25, 0.3) is 0 Å². The van der Waals surface area contributed by atoms with Crippen molar-refractivity contribution in [3.8, 4) is 0 Å². The van der Waals surface area contributed by atoms with Gasteiger partial charge in [-0.15, -0.1) is 0 Å². The Hall–Kier alpha value is -1.10. The Labute approximate surface area is 103 Å². The summed E-state index contributed by atoms with van der Waals surface area (Å²) in [4.78, 5) is 22.7. The van der Waals surface area contributed by atoms with Crippen LogP contribution in [-0.2, 0) is 9.59 Å². The van der Waals surface area contributed by atoms with Crippen LogP contribution in [0.2, 0.25) is 0 Å². The molecule has 0 spiro atoms. The zero-order valence-electron chi connectivity index (χ0n) is 11.3. The highest BCUT2D eigenvalue weighted by molar-refractivity contribution is 5.85. The highest BCUT2D eigenvalue weighted by atomic mass is 16.4. The third-order valence-electron chi connectivity index (χ3n) is 2.81. The molecule has 0 saturated carbocycles. The lowest BCUT2D eigenvalue weighted by atomic mass is 9.96. The SMILES string of the molecule is CNC(C)(C)C(=O)NCC(CC(C)C)C(=O)O. The predicted octanol–water partition coefficient (Wildman–Crippen LogP) is 0.847. The van der Waals surface area contributed by atoms with Gasteiger partial charge in [0.1, 0.15) is 0 Å². The normalized spacial score (nSPS) is 13.5. The number of carbonyl (C=O) groups excluding carboxylic acids is 1. The maximum Gasteiger partial charge on any atom is 0.308 e. The van der Waals surface area contributed by atoms with E-state index in [4.69, 9.17) is 5.11 Å². The number of rotatable bonds is 7. The van der Waals surface area contributed by atoms with E-state index in [9.17, 15) is 9.59 Å². The van der Waals surface area contributed by atoms with Gasteiger partial charge in [0.2, 0.25) is 5.91 Å². The van der Waals surface area contributed by atoms with E-state index in [1.165, 1.54) is 0 Å². The van der Waals surface area contributed by atoms with E-state index in [0.717, 1.165) is 0 Å². The number of aliphatic carboxylic acids is 1. The van der Waals surface area contributed by atoms with Crippen LogP contribution in [0.3, 0.4) is 0 Å². The molecule has 0 aliphatic heterocycles. The van der Waals surface area contributed by atoms with E-state index in [1.807, 2.05) is 13.8 Å². The highest BCUT2D eigenvalue weighted by Crippen LogP contribution is 2.11. The first-order chi connectivity index (χ1) is 7.70. The van der Waals surface area contributed by atoms with Gasteiger partial charge in [-0.25, -0.2) is 0 Å². The van der Waals surface area contributed by atoms with Gasteiger partial charge in [0, 0.05) is 6.54 Å². The van der Waals surface area contributed by atoms with Gasteiger partial charge in [-0.2, -0.15) is 0 Å². The first kappa shape index (κ1) is 15.9. The Morgan fingerprint density at radius 2 is 1.82 bits per heavy atom. The molecule has 0 radical (unpaired) electrons. The minimum Gasteiger partial charge on any atom is -0.481 e. The van der Waals surface area contributed by atoms with Crippen LogP contribution in [0, 0.1) is 11.8 Å². The Morgan fingerprint density at radius 1 is 1.29 bits per heavy atom. The van der Waals surface area contributed by atoms with Crippen molar-refractivity contribution in [2.45, 2.75) is 39.7 Å². The summed E-state index contributed by atoms with van der Waals surface area (Å²) in [6, 6.07) is 0. The minimum atomic E-state index is -0.860. The standard InChI is InChI=1S/C12H24N2O3/c1-8(2)6-9(10(15)16)7-14-11(17)12(3,4)13-5/h8-9,13H,6-7H2,1-5H3,(H,14,17)(H,15,16). The van der Waals surface area contributed by atoms with Crippen molar-refractivity contribution >= 4 is 11.9 Å². The summed E-state index contributed by atoms with van der Waals surface area (Å²) in [6.45, 7) is 7.61. The fraction of sp³-hybridized carbons (Fsp3) is 0.833. The van der Waals surface area contributed by atoms with Crippen LogP contribution >= 0.6 is 0 Å². The molecule has 100 valence electrons. The Balaban J connectivity index is 4.32. The number of carboxylic acid groups (broad SMARTS) is 1. The van der Waals surface area contributed by atoms with Gasteiger partial charge in [0.25, 0.3) is 0 Å². The third-order valence-corrected chi connectivity index (χ3v) is 2.81. The Kier molecular flexibility index (Phi) is 6.16. The largest absolute Gasteiger partial charge is 0.481 e. The molecule has 0 aromatic rings. The van der Waals surface area contributed by atoms with Crippen molar-refractivity contribution in [3.05, 3.63) is 0 Å². The summed E-state index contributed by atoms with van der Waals surface area (Å²) in [6.07, 6.45) is 0.565. The molecule has 0 aromatic carbocycles. The van der Waals surface area contributed by atoms with E-state index in [1.54, 1.807) is 20.9 Å². The number of carboxylic acids is 1. The summed E-state index contributed by atoms with van der Waals surface area (Å²) >= 11 is 0. The van der Waals surface area contributed by atoms with Crippen molar-refractivity contribution in [1.29, 1.82) is 0 Å². The van der Waals surface area contributed by atoms with Crippen LogP contribution in [0.1, 0.15) is 34.1 Å². The number of hydrogen-bond acceptors (Lipinski definition) is 3.